The largest absolute Gasteiger partial charge is 0.459 e. The summed E-state index contributed by atoms with van der Waals surface area (Å²) in [5.41, 5.74) is 1.46. The van der Waals surface area contributed by atoms with E-state index in [0.717, 1.165) is 10.9 Å². The minimum atomic E-state index is -0.720. The number of aromatic nitrogens is 2. The van der Waals surface area contributed by atoms with Gasteiger partial charge >= 0.3 is 12.0 Å². The number of esters is 1. The van der Waals surface area contributed by atoms with Gasteiger partial charge in [-0.2, -0.15) is 0 Å². The number of fused-ring (bicyclic) bond motifs is 1. The van der Waals surface area contributed by atoms with Crippen LogP contribution in [0, 0.1) is 5.92 Å². The first-order chi connectivity index (χ1) is 13.0. The first-order valence-corrected chi connectivity index (χ1v) is 8.98. The molecule has 1 atom stereocenters. The smallest absolute Gasteiger partial charge is 0.329 e. The molecule has 1 N–H and O–H groups in total. The lowest BCUT2D eigenvalue weighted by Crippen LogP contribution is -2.44. The predicted octanol–water partition coefficient (Wildman–Crippen LogP) is 3.75. The summed E-state index contributed by atoms with van der Waals surface area (Å²) in [4.78, 5) is 29.5. The van der Waals surface area contributed by atoms with Crippen molar-refractivity contribution in [2.75, 3.05) is 0 Å². The predicted molar refractivity (Wildman–Crippen MR) is 103 cm³/mol. The number of hydrogen-bond acceptors (Lipinski definition) is 4. The molecule has 140 valence electrons. The van der Waals surface area contributed by atoms with E-state index in [4.69, 9.17) is 4.74 Å². The van der Waals surface area contributed by atoms with Crippen LogP contribution in [-0.2, 0) is 16.1 Å². The van der Waals surface area contributed by atoms with Crippen molar-refractivity contribution in [1.29, 1.82) is 0 Å². The van der Waals surface area contributed by atoms with Crippen molar-refractivity contribution in [2.45, 2.75) is 32.9 Å². The van der Waals surface area contributed by atoms with E-state index >= 15 is 0 Å². The van der Waals surface area contributed by atoms with Crippen LogP contribution in [0.4, 0.5) is 4.79 Å². The molecule has 27 heavy (non-hydrogen) atoms. The molecule has 0 unspecified atom stereocenters. The van der Waals surface area contributed by atoms with E-state index < -0.39 is 18.0 Å². The van der Waals surface area contributed by atoms with Crippen molar-refractivity contribution in [3.8, 4) is 0 Å². The van der Waals surface area contributed by atoms with Crippen molar-refractivity contribution < 1.29 is 14.3 Å². The molecule has 0 aliphatic rings. The highest BCUT2D eigenvalue weighted by atomic mass is 16.5. The van der Waals surface area contributed by atoms with Gasteiger partial charge in [-0.25, -0.2) is 14.6 Å². The minimum absolute atomic E-state index is 0.179. The Kier molecular flexibility index (Phi) is 5.86. The van der Waals surface area contributed by atoms with E-state index in [-0.39, 0.29) is 12.5 Å². The first kappa shape index (κ1) is 18.6. The van der Waals surface area contributed by atoms with Gasteiger partial charge in [0.15, 0.2) is 0 Å². The Morgan fingerprint density at radius 2 is 1.89 bits per heavy atom. The monoisotopic (exact) mass is 365 g/mol. The van der Waals surface area contributed by atoms with Gasteiger partial charge in [0, 0.05) is 17.8 Å². The molecular weight excluding hydrogens is 342 g/mol. The molecule has 0 bridgehead atoms. The van der Waals surface area contributed by atoms with Crippen LogP contribution in [0.15, 0.2) is 60.9 Å². The Bertz CT molecular complexity index is 919. The van der Waals surface area contributed by atoms with Gasteiger partial charge in [-0.15, -0.1) is 0 Å². The van der Waals surface area contributed by atoms with Gasteiger partial charge in [-0.1, -0.05) is 44.2 Å². The van der Waals surface area contributed by atoms with Crippen LogP contribution in [0.25, 0.3) is 11.0 Å². The molecule has 0 saturated heterocycles. The van der Waals surface area contributed by atoms with Crippen molar-refractivity contribution in [3.05, 3.63) is 66.5 Å². The van der Waals surface area contributed by atoms with Crippen molar-refractivity contribution in [3.63, 3.8) is 0 Å². The van der Waals surface area contributed by atoms with E-state index in [2.05, 4.69) is 10.3 Å². The van der Waals surface area contributed by atoms with Crippen LogP contribution in [0.3, 0.4) is 0 Å². The molecule has 3 aromatic rings. The van der Waals surface area contributed by atoms with E-state index in [0.29, 0.717) is 12.1 Å². The number of benzene rings is 1. The summed E-state index contributed by atoms with van der Waals surface area (Å²) in [7, 11) is 0. The molecule has 0 aliphatic heterocycles. The van der Waals surface area contributed by atoms with Gasteiger partial charge in [0.05, 0.1) is 0 Å². The number of ether oxygens (including phenoxy) is 1. The van der Waals surface area contributed by atoms with E-state index in [1.807, 2.05) is 62.4 Å². The van der Waals surface area contributed by atoms with Crippen molar-refractivity contribution in [1.82, 2.24) is 14.9 Å². The van der Waals surface area contributed by atoms with Crippen LogP contribution in [-0.4, -0.2) is 27.6 Å². The number of carbonyl (C=O) groups excluding carboxylic acids is 2. The normalized spacial score (nSPS) is 12.1. The van der Waals surface area contributed by atoms with Gasteiger partial charge in [0.2, 0.25) is 0 Å². The SMILES string of the molecule is CC(C)C[C@H](NC(=O)n1ccc2cccnc21)C(=O)OCc1ccccc1. The summed E-state index contributed by atoms with van der Waals surface area (Å²) in [5, 5.41) is 3.65. The zero-order valence-electron chi connectivity index (χ0n) is 15.5. The fraction of sp³-hybridized carbons (Fsp3) is 0.286. The Morgan fingerprint density at radius 1 is 1.11 bits per heavy atom. The zero-order valence-corrected chi connectivity index (χ0v) is 15.5. The molecule has 1 amide bonds. The molecule has 6 nitrogen and oxygen atoms in total. The second-order valence-electron chi connectivity index (χ2n) is 6.83. The first-order valence-electron chi connectivity index (χ1n) is 8.98. The topological polar surface area (TPSA) is 73.2 Å². The average molecular weight is 365 g/mol. The van der Waals surface area contributed by atoms with Crippen LogP contribution in [0.2, 0.25) is 0 Å². The zero-order chi connectivity index (χ0) is 19.2. The summed E-state index contributed by atoms with van der Waals surface area (Å²) in [6, 6.07) is 13.9. The summed E-state index contributed by atoms with van der Waals surface area (Å²) in [5.74, 6) is -0.218. The van der Waals surface area contributed by atoms with Gasteiger partial charge in [-0.3, -0.25) is 4.57 Å². The van der Waals surface area contributed by atoms with E-state index in [1.165, 1.54) is 4.57 Å². The van der Waals surface area contributed by atoms with Gasteiger partial charge in [0.1, 0.15) is 18.3 Å². The fourth-order valence-electron chi connectivity index (χ4n) is 2.86. The van der Waals surface area contributed by atoms with Gasteiger partial charge in [-0.05, 0) is 36.1 Å². The molecule has 0 radical (unpaired) electrons. The molecule has 0 aliphatic carbocycles. The van der Waals surface area contributed by atoms with Crippen LogP contribution in [0.1, 0.15) is 25.8 Å². The maximum atomic E-state index is 12.7. The van der Waals surface area contributed by atoms with Gasteiger partial charge < -0.3 is 10.1 Å². The van der Waals surface area contributed by atoms with Crippen molar-refractivity contribution in [2.24, 2.45) is 5.92 Å². The Balaban J connectivity index is 1.70. The quantitative estimate of drug-likeness (QED) is 0.675. The number of amides is 1. The molecule has 2 heterocycles. The molecular formula is C21H23N3O3. The number of nitrogens with zero attached hydrogens (tertiary/aromatic N) is 2. The number of hydrogen-bond donors (Lipinski definition) is 1. The van der Waals surface area contributed by atoms with Crippen LogP contribution in [0.5, 0.6) is 0 Å². The second kappa shape index (κ2) is 8.49. The molecule has 0 spiro atoms. The van der Waals surface area contributed by atoms with E-state index in [1.54, 1.807) is 12.4 Å². The van der Waals surface area contributed by atoms with Crippen LogP contribution >= 0.6 is 0 Å². The lowest BCUT2D eigenvalue weighted by molar-refractivity contribution is -0.147. The summed E-state index contributed by atoms with van der Waals surface area (Å²) >= 11 is 0. The van der Waals surface area contributed by atoms with Gasteiger partial charge in [0.25, 0.3) is 0 Å². The summed E-state index contributed by atoms with van der Waals surface area (Å²) < 4.78 is 6.83. The maximum Gasteiger partial charge on any atom is 0.329 e. The second-order valence-corrected chi connectivity index (χ2v) is 6.83. The Labute approximate surface area is 158 Å². The standard InChI is InChI=1S/C21H23N3O3/c1-15(2)13-18(20(25)27-14-16-7-4-3-5-8-16)23-21(26)24-12-10-17-9-6-11-22-19(17)24/h3-12,15,18H,13-14H2,1-2H3,(H,23,26)/t18-/m0/s1. The molecule has 0 saturated carbocycles. The highest BCUT2D eigenvalue weighted by Crippen LogP contribution is 2.13. The summed E-state index contributed by atoms with van der Waals surface area (Å²) in [6.45, 7) is 4.17. The van der Waals surface area contributed by atoms with E-state index in [9.17, 15) is 9.59 Å². The molecule has 6 heteroatoms. The molecule has 3 rings (SSSR count). The fourth-order valence-corrected chi connectivity index (χ4v) is 2.86. The third-order valence-electron chi connectivity index (χ3n) is 4.18. The summed E-state index contributed by atoms with van der Waals surface area (Å²) in [6.07, 6.45) is 3.77. The molecule has 0 fully saturated rings. The van der Waals surface area contributed by atoms with Crippen LogP contribution < -0.4 is 5.32 Å². The number of nitrogens with one attached hydrogen (secondary N) is 1. The lowest BCUT2D eigenvalue weighted by Gasteiger charge is -2.19. The highest BCUT2D eigenvalue weighted by molar-refractivity contribution is 5.91. The Hall–Kier alpha value is -3.15. The lowest BCUT2D eigenvalue weighted by atomic mass is 10.0. The highest BCUT2D eigenvalue weighted by Gasteiger charge is 2.24. The average Bonchev–Trinajstić information content (AvgIpc) is 3.10. The third kappa shape index (κ3) is 4.73. The number of pyridine rings is 1. The molecule has 2 aromatic heterocycles. The molecule has 1 aromatic carbocycles. The number of rotatable bonds is 6. The third-order valence-corrected chi connectivity index (χ3v) is 4.18. The number of carbonyl (C=O) groups is 2. The Morgan fingerprint density at radius 3 is 2.63 bits per heavy atom. The maximum absolute atomic E-state index is 12.7. The minimum Gasteiger partial charge on any atom is -0.459 e. The van der Waals surface area contributed by atoms with Crippen molar-refractivity contribution >= 4 is 23.0 Å².